The summed E-state index contributed by atoms with van der Waals surface area (Å²) < 4.78 is 54.6. The molecule has 39 heavy (non-hydrogen) atoms. The molecular formula is C29H27F4N3O3. The number of hydrogen-bond donors (Lipinski definition) is 3. The number of hydrogen-bond acceptors (Lipinski definition) is 4. The van der Waals surface area contributed by atoms with Crippen LogP contribution in [0, 0.1) is 17.1 Å². The number of benzene rings is 2. The third kappa shape index (κ3) is 6.16. The van der Waals surface area contributed by atoms with E-state index in [2.05, 4.69) is 10.3 Å². The first-order valence-corrected chi connectivity index (χ1v) is 12.5. The number of aliphatic carboxylic acids is 1. The van der Waals surface area contributed by atoms with Crippen LogP contribution in [0.15, 0.2) is 54.9 Å². The first kappa shape index (κ1) is 27.9. The molecule has 1 fully saturated rings. The van der Waals surface area contributed by atoms with E-state index in [-0.39, 0.29) is 23.5 Å². The van der Waals surface area contributed by atoms with Crippen molar-refractivity contribution >= 4 is 23.8 Å². The third-order valence-electron chi connectivity index (χ3n) is 7.19. The lowest BCUT2D eigenvalue weighted by atomic mass is 9.72. The summed E-state index contributed by atoms with van der Waals surface area (Å²) in [5.41, 5.74) is 0.669. The number of nitrogens with one attached hydrogen (secondary N) is 2. The minimum Gasteiger partial charge on any atom is -0.481 e. The van der Waals surface area contributed by atoms with Crippen LogP contribution in [-0.2, 0) is 15.8 Å². The Morgan fingerprint density at radius 3 is 2.51 bits per heavy atom. The number of alkyl halides is 3. The quantitative estimate of drug-likeness (QED) is 0.200. The fraction of sp³-hybridized carbons (Fsp3) is 0.310. The van der Waals surface area contributed by atoms with Crippen LogP contribution < -0.4 is 5.32 Å². The SMILES string of the molecule is CC(CC(=O)O)c1cccc(NC(=O)C(c2ccc(-c3cncc(C(F)(F)F)c3)c(F)c2)C2CCC2)c1C=N. The maximum Gasteiger partial charge on any atom is 0.417 e. The van der Waals surface area contributed by atoms with Gasteiger partial charge in [-0.15, -0.1) is 0 Å². The minimum atomic E-state index is -4.62. The molecule has 1 aliphatic rings. The summed E-state index contributed by atoms with van der Waals surface area (Å²) in [6.07, 6.45) is 0.560. The molecule has 0 spiro atoms. The van der Waals surface area contributed by atoms with Gasteiger partial charge in [0.15, 0.2) is 0 Å². The average Bonchev–Trinajstić information content (AvgIpc) is 2.85. The highest BCUT2D eigenvalue weighted by Gasteiger charge is 2.35. The van der Waals surface area contributed by atoms with Crippen LogP contribution >= 0.6 is 0 Å². The summed E-state index contributed by atoms with van der Waals surface area (Å²) in [5.74, 6) is -3.33. The van der Waals surface area contributed by atoms with Gasteiger partial charge >= 0.3 is 12.1 Å². The first-order chi connectivity index (χ1) is 18.5. The summed E-state index contributed by atoms with van der Waals surface area (Å²) in [6.45, 7) is 1.73. The molecule has 1 heterocycles. The van der Waals surface area contributed by atoms with Crippen molar-refractivity contribution in [2.45, 2.75) is 50.6 Å². The number of pyridine rings is 1. The monoisotopic (exact) mass is 541 g/mol. The second-order valence-corrected chi connectivity index (χ2v) is 9.81. The van der Waals surface area contributed by atoms with E-state index < -0.39 is 41.3 Å². The van der Waals surface area contributed by atoms with Crippen molar-refractivity contribution < 1.29 is 32.3 Å². The largest absolute Gasteiger partial charge is 0.481 e. The van der Waals surface area contributed by atoms with Gasteiger partial charge in [-0.25, -0.2) is 4.39 Å². The molecule has 2 aromatic carbocycles. The van der Waals surface area contributed by atoms with Crippen molar-refractivity contribution in [3.8, 4) is 11.1 Å². The first-order valence-electron chi connectivity index (χ1n) is 12.5. The Bertz CT molecular complexity index is 1400. The zero-order valence-corrected chi connectivity index (χ0v) is 21.1. The predicted octanol–water partition coefficient (Wildman–Crippen LogP) is 7.00. The third-order valence-corrected chi connectivity index (χ3v) is 7.19. The van der Waals surface area contributed by atoms with E-state index in [4.69, 9.17) is 10.5 Å². The van der Waals surface area contributed by atoms with E-state index in [0.29, 0.717) is 28.6 Å². The second kappa shape index (κ2) is 11.3. The number of amides is 1. The molecule has 3 N–H and O–H groups in total. The van der Waals surface area contributed by atoms with Crippen molar-refractivity contribution in [1.82, 2.24) is 4.98 Å². The standard InChI is InChI=1S/C29H27F4N3O3/c1-16(10-26(37)38)21-6-3-7-25(23(21)13-34)36-28(39)27(17-4-2-5-17)18-8-9-22(24(30)12-18)19-11-20(15-35-14-19)29(31,32)33/h3,6-9,11-17,27,34H,2,4-5,10H2,1H3,(H,36,39)(H,37,38). The van der Waals surface area contributed by atoms with Gasteiger partial charge in [-0.2, -0.15) is 13.2 Å². The van der Waals surface area contributed by atoms with Crippen molar-refractivity contribution in [2.75, 3.05) is 5.32 Å². The molecule has 204 valence electrons. The molecule has 2 atom stereocenters. The van der Waals surface area contributed by atoms with E-state index in [1.54, 1.807) is 31.2 Å². The highest BCUT2D eigenvalue weighted by atomic mass is 19.4. The number of carbonyl (C=O) groups is 2. The molecular weight excluding hydrogens is 514 g/mol. The lowest BCUT2D eigenvalue weighted by Crippen LogP contribution is -2.31. The Balaban J connectivity index is 1.64. The summed E-state index contributed by atoms with van der Waals surface area (Å²) >= 11 is 0. The van der Waals surface area contributed by atoms with E-state index >= 15 is 4.39 Å². The van der Waals surface area contributed by atoms with E-state index in [0.717, 1.165) is 37.7 Å². The summed E-state index contributed by atoms with van der Waals surface area (Å²) in [5, 5.41) is 19.9. The minimum absolute atomic E-state index is 0.0264. The molecule has 1 amide bonds. The molecule has 0 saturated heterocycles. The van der Waals surface area contributed by atoms with E-state index in [1.807, 2.05) is 0 Å². The Morgan fingerprint density at radius 1 is 1.18 bits per heavy atom. The maximum atomic E-state index is 15.2. The number of carboxylic acids is 1. The Labute approximate surface area is 222 Å². The highest BCUT2D eigenvalue weighted by molar-refractivity contribution is 6.01. The Morgan fingerprint density at radius 2 is 1.92 bits per heavy atom. The van der Waals surface area contributed by atoms with Gasteiger partial charge in [0.2, 0.25) is 5.91 Å². The molecule has 10 heteroatoms. The predicted molar refractivity (Wildman–Crippen MR) is 138 cm³/mol. The maximum absolute atomic E-state index is 15.2. The zero-order valence-electron chi connectivity index (χ0n) is 21.1. The molecule has 0 bridgehead atoms. The molecule has 4 rings (SSSR count). The fourth-order valence-corrected chi connectivity index (χ4v) is 4.98. The van der Waals surface area contributed by atoms with Crippen molar-refractivity contribution in [3.05, 3.63) is 82.9 Å². The molecule has 1 saturated carbocycles. The molecule has 1 aromatic heterocycles. The smallest absolute Gasteiger partial charge is 0.417 e. The van der Waals surface area contributed by atoms with Crippen LogP contribution in [0.25, 0.3) is 11.1 Å². The topological polar surface area (TPSA) is 103 Å². The van der Waals surface area contributed by atoms with Gasteiger partial charge in [0.05, 0.1) is 17.9 Å². The number of carbonyl (C=O) groups excluding carboxylic acids is 1. The zero-order chi connectivity index (χ0) is 28.3. The average molecular weight is 542 g/mol. The van der Waals surface area contributed by atoms with Crippen LogP contribution in [0.2, 0.25) is 0 Å². The normalized spacial score (nSPS) is 15.2. The van der Waals surface area contributed by atoms with Crippen LogP contribution in [0.4, 0.5) is 23.2 Å². The van der Waals surface area contributed by atoms with Gasteiger partial charge in [0.1, 0.15) is 5.82 Å². The number of carboxylic acid groups (broad SMARTS) is 1. The van der Waals surface area contributed by atoms with Gasteiger partial charge in [0.25, 0.3) is 0 Å². The Hall–Kier alpha value is -4.08. The lowest BCUT2D eigenvalue weighted by molar-refractivity contribution is -0.138. The summed E-state index contributed by atoms with van der Waals surface area (Å²) in [7, 11) is 0. The molecule has 1 aliphatic carbocycles. The van der Waals surface area contributed by atoms with Crippen LogP contribution in [0.1, 0.15) is 66.7 Å². The van der Waals surface area contributed by atoms with E-state index in [9.17, 15) is 22.8 Å². The molecule has 0 radical (unpaired) electrons. The van der Waals surface area contributed by atoms with Crippen LogP contribution in [-0.4, -0.2) is 28.2 Å². The lowest BCUT2D eigenvalue weighted by Gasteiger charge is -2.33. The number of halogens is 4. The van der Waals surface area contributed by atoms with Crippen LogP contribution in [0.3, 0.4) is 0 Å². The van der Waals surface area contributed by atoms with Crippen molar-refractivity contribution in [1.29, 1.82) is 5.41 Å². The number of rotatable bonds is 9. The number of nitrogens with zero attached hydrogens (tertiary/aromatic N) is 1. The van der Waals surface area contributed by atoms with Gasteiger partial charge in [-0.3, -0.25) is 14.6 Å². The highest BCUT2D eigenvalue weighted by Crippen LogP contribution is 2.41. The van der Waals surface area contributed by atoms with Gasteiger partial charge in [-0.1, -0.05) is 37.6 Å². The van der Waals surface area contributed by atoms with Gasteiger partial charge in [0, 0.05) is 41.0 Å². The van der Waals surface area contributed by atoms with Crippen molar-refractivity contribution in [3.63, 3.8) is 0 Å². The molecule has 3 aromatic rings. The van der Waals surface area contributed by atoms with Gasteiger partial charge in [-0.05, 0) is 54.0 Å². The molecule has 2 unspecified atom stereocenters. The fourth-order valence-electron chi connectivity index (χ4n) is 4.98. The number of anilines is 1. The van der Waals surface area contributed by atoms with E-state index in [1.165, 1.54) is 12.1 Å². The summed E-state index contributed by atoms with van der Waals surface area (Å²) in [4.78, 5) is 28.4. The molecule has 6 nitrogen and oxygen atoms in total. The van der Waals surface area contributed by atoms with Gasteiger partial charge < -0.3 is 15.8 Å². The summed E-state index contributed by atoms with van der Waals surface area (Å²) in [6, 6.07) is 9.93. The number of aromatic nitrogens is 1. The van der Waals surface area contributed by atoms with Crippen molar-refractivity contribution in [2.24, 2.45) is 5.92 Å². The van der Waals surface area contributed by atoms with Crippen LogP contribution in [0.5, 0.6) is 0 Å². The Kier molecular flexibility index (Phi) is 8.13. The molecule has 0 aliphatic heterocycles. The second-order valence-electron chi connectivity index (χ2n) is 9.81.